The van der Waals surface area contributed by atoms with Crippen LogP contribution in [0.25, 0.3) is 0 Å². The monoisotopic (exact) mass is 288 g/mol. The third-order valence-electron chi connectivity index (χ3n) is 5.64. The highest BCUT2D eigenvalue weighted by Crippen LogP contribution is 2.42. The number of nitrogens with one attached hydrogen (secondary N) is 1. The minimum atomic E-state index is 0.240. The van der Waals surface area contributed by atoms with Crippen LogP contribution in [0.1, 0.15) is 61.3 Å². The molecule has 0 aromatic heterocycles. The van der Waals surface area contributed by atoms with Crippen molar-refractivity contribution in [3.05, 3.63) is 34.9 Å². The zero-order valence-corrected chi connectivity index (χ0v) is 14.5. The molecular weight excluding hydrogens is 256 g/mol. The van der Waals surface area contributed by atoms with Gasteiger partial charge in [0.1, 0.15) is 0 Å². The second-order valence-corrected chi connectivity index (χ2v) is 6.92. The van der Waals surface area contributed by atoms with Gasteiger partial charge >= 0.3 is 0 Å². The molecule has 2 nitrogen and oxygen atoms in total. The number of benzene rings is 1. The van der Waals surface area contributed by atoms with Crippen molar-refractivity contribution in [3.8, 4) is 0 Å². The van der Waals surface area contributed by atoms with Crippen molar-refractivity contribution >= 4 is 0 Å². The second kappa shape index (κ2) is 6.93. The molecule has 1 saturated carbocycles. The number of rotatable bonds is 4. The molecule has 0 radical (unpaired) electrons. The van der Waals surface area contributed by atoms with Crippen molar-refractivity contribution in [1.29, 1.82) is 0 Å². The number of hydrogen-bond acceptors (Lipinski definition) is 2. The van der Waals surface area contributed by atoms with Crippen molar-refractivity contribution in [2.24, 2.45) is 0 Å². The lowest BCUT2D eigenvalue weighted by atomic mass is 9.76. The highest BCUT2D eigenvalue weighted by molar-refractivity contribution is 5.37. The molecule has 1 aliphatic carbocycles. The first-order valence-electron chi connectivity index (χ1n) is 8.44. The zero-order valence-electron chi connectivity index (χ0n) is 14.5. The molecule has 2 rings (SSSR count). The van der Waals surface area contributed by atoms with E-state index in [1.165, 1.54) is 55.2 Å². The van der Waals surface area contributed by atoms with E-state index in [9.17, 15) is 0 Å². The van der Waals surface area contributed by atoms with Crippen molar-refractivity contribution in [2.75, 3.05) is 21.1 Å². The minimum Gasteiger partial charge on any atom is -0.311 e. The molecule has 0 amide bonds. The molecule has 1 N–H and O–H groups in total. The third-order valence-corrected chi connectivity index (χ3v) is 5.64. The minimum absolute atomic E-state index is 0.240. The summed E-state index contributed by atoms with van der Waals surface area (Å²) >= 11 is 0. The predicted octanol–water partition coefficient (Wildman–Crippen LogP) is 4.22. The Kier molecular flexibility index (Phi) is 5.45. The van der Waals surface area contributed by atoms with Gasteiger partial charge in [-0.05, 0) is 64.5 Å². The molecule has 0 aliphatic heterocycles. The second-order valence-electron chi connectivity index (χ2n) is 6.92. The summed E-state index contributed by atoms with van der Waals surface area (Å²) < 4.78 is 0. The Morgan fingerprint density at radius 2 is 1.67 bits per heavy atom. The summed E-state index contributed by atoms with van der Waals surface area (Å²) in [5.74, 6) is 0. The summed E-state index contributed by atoms with van der Waals surface area (Å²) in [5.41, 5.74) is 4.56. The molecule has 0 heterocycles. The molecule has 118 valence electrons. The Hall–Kier alpha value is -0.860. The van der Waals surface area contributed by atoms with E-state index in [0.29, 0.717) is 6.04 Å². The number of likely N-dealkylation sites (N-methyl/N-ethyl adjacent to an activating group) is 2. The van der Waals surface area contributed by atoms with Gasteiger partial charge in [-0.1, -0.05) is 43.9 Å². The van der Waals surface area contributed by atoms with Crippen molar-refractivity contribution < 1.29 is 0 Å². The quantitative estimate of drug-likeness (QED) is 0.835. The fraction of sp³-hybridized carbons (Fsp3) is 0.684. The van der Waals surface area contributed by atoms with Crippen LogP contribution < -0.4 is 5.32 Å². The van der Waals surface area contributed by atoms with E-state index >= 15 is 0 Å². The number of nitrogens with zero attached hydrogens (tertiary/aromatic N) is 1. The smallest absolute Gasteiger partial charge is 0.0507 e. The summed E-state index contributed by atoms with van der Waals surface area (Å²) in [4.78, 5) is 2.49. The highest BCUT2D eigenvalue weighted by atomic mass is 15.2. The van der Waals surface area contributed by atoms with Gasteiger partial charge in [-0.25, -0.2) is 0 Å². The topological polar surface area (TPSA) is 15.3 Å². The molecule has 1 atom stereocenters. The summed E-state index contributed by atoms with van der Waals surface area (Å²) in [7, 11) is 6.66. The molecule has 1 fully saturated rings. The molecule has 0 saturated heterocycles. The van der Waals surface area contributed by atoms with Crippen LogP contribution >= 0.6 is 0 Å². The molecule has 1 aromatic carbocycles. The first-order valence-corrected chi connectivity index (χ1v) is 8.44. The summed E-state index contributed by atoms with van der Waals surface area (Å²) in [6.45, 7) is 4.50. The lowest BCUT2D eigenvalue weighted by Crippen LogP contribution is -2.53. The van der Waals surface area contributed by atoms with Gasteiger partial charge < -0.3 is 10.2 Å². The van der Waals surface area contributed by atoms with E-state index in [1.54, 1.807) is 0 Å². The molecule has 21 heavy (non-hydrogen) atoms. The van der Waals surface area contributed by atoms with Crippen LogP contribution in [0.15, 0.2) is 18.2 Å². The number of hydrogen-bond donors (Lipinski definition) is 1. The fourth-order valence-electron chi connectivity index (χ4n) is 4.14. The Morgan fingerprint density at radius 1 is 1.05 bits per heavy atom. The predicted molar refractivity (Wildman–Crippen MR) is 91.8 cm³/mol. The summed E-state index contributed by atoms with van der Waals surface area (Å²) in [6.07, 6.45) is 8.05. The van der Waals surface area contributed by atoms with E-state index in [4.69, 9.17) is 0 Å². The van der Waals surface area contributed by atoms with Crippen molar-refractivity contribution in [3.63, 3.8) is 0 Å². The van der Waals surface area contributed by atoms with Gasteiger partial charge in [0, 0.05) is 5.54 Å². The van der Waals surface area contributed by atoms with Crippen LogP contribution in [0.2, 0.25) is 0 Å². The highest BCUT2D eigenvalue weighted by Gasteiger charge is 2.41. The molecular formula is C19H32N2. The molecule has 0 bridgehead atoms. The fourth-order valence-corrected chi connectivity index (χ4v) is 4.14. The molecule has 1 aliphatic rings. The Balaban J connectivity index is 2.47. The third kappa shape index (κ3) is 3.17. The van der Waals surface area contributed by atoms with Gasteiger partial charge in [0.25, 0.3) is 0 Å². The van der Waals surface area contributed by atoms with E-state index in [0.717, 1.165) is 0 Å². The van der Waals surface area contributed by atoms with E-state index < -0.39 is 0 Å². The van der Waals surface area contributed by atoms with Gasteiger partial charge in [-0.2, -0.15) is 0 Å². The lowest BCUT2D eigenvalue weighted by molar-refractivity contribution is 0.0832. The Bertz CT molecular complexity index is 457. The van der Waals surface area contributed by atoms with Crippen molar-refractivity contribution in [2.45, 2.75) is 64.0 Å². The van der Waals surface area contributed by atoms with Crippen LogP contribution in [0.4, 0.5) is 0 Å². The largest absolute Gasteiger partial charge is 0.311 e. The normalized spacial score (nSPS) is 20.3. The Labute approximate surface area is 130 Å². The van der Waals surface area contributed by atoms with Crippen molar-refractivity contribution in [1.82, 2.24) is 10.2 Å². The van der Waals surface area contributed by atoms with Crippen LogP contribution in [0.5, 0.6) is 0 Å². The molecule has 0 spiro atoms. The maximum Gasteiger partial charge on any atom is 0.0507 e. The molecule has 1 aromatic rings. The van der Waals surface area contributed by atoms with Gasteiger partial charge in [-0.3, -0.25) is 0 Å². The van der Waals surface area contributed by atoms with Crippen LogP contribution in [0.3, 0.4) is 0 Å². The van der Waals surface area contributed by atoms with Gasteiger partial charge in [0.2, 0.25) is 0 Å². The SMILES string of the molecule is CNC(c1cccc(C)c1C)C1(N(C)C)CCCCCC1. The summed E-state index contributed by atoms with van der Waals surface area (Å²) in [5, 5.41) is 3.66. The zero-order chi connectivity index (χ0) is 15.5. The maximum atomic E-state index is 3.66. The van der Waals surface area contributed by atoms with Crippen LogP contribution in [-0.2, 0) is 0 Å². The lowest BCUT2D eigenvalue weighted by Gasteiger charge is -2.46. The maximum absolute atomic E-state index is 3.66. The standard InChI is InChI=1S/C19H32N2/c1-15-11-10-12-17(16(15)2)18(20-3)19(21(4)5)13-8-6-7-9-14-19/h10-12,18,20H,6-9,13-14H2,1-5H3. The average molecular weight is 288 g/mol. The van der Waals surface area contributed by atoms with E-state index in [1.807, 2.05) is 0 Å². The van der Waals surface area contributed by atoms with E-state index in [-0.39, 0.29) is 5.54 Å². The van der Waals surface area contributed by atoms with Gasteiger partial charge in [0.05, 0.1) is 6.04 Å². The van der Waals surface area contributed by atoms with Gasteiger partial charge in [-0.15, -0.1) is 0 Å². The molecule has 1 unspecified atom stereocenters. The average Bonchev–Trinajstić information content (AvgIpc) is 2.71. The Morgan fingerprint density at radius 3 is 2.19 bits per heavy atom. The van der Waals surface area contributed by atoms with Crippen LogP contribution in [-0.4, -0.2) is 31.6 Å². The number of aryl methyl sites for hydroxylation is 1. The summed E-state index contributed by atoms with van der Waals surface area (Å²) in [6, 6.07) is 7.16. The first kappa shape index (κ1) is 16.5. The van der Waals surface area contributed by atoms with Crippen LogP contribution in [0, 0.1) is 13.8 Å². The molecule has 2 heteroatoms. The first-order chi connectivity index (χ1) is 10.0. The van der Waals surface area contributed by atoms with Gasteiger partial charge in [0.15, 0.2) is 0 Å². The van der Waals surface area contributed by atoms with E-state index in [2.05, 4.69) is 63.4 Å².